The van der Waals surface area contributed by atoms with E-state index in [2.05, 4.69) is 5.32 Å². The maximum atomic E-state index is 12.4. The number of ether oxygens (including phenoxy) is 1. The van der Waals surface area contributed by atoms with Gasteiger partial charge in [0.05, 0.1) is 0 Å². The molecule has 3 nitrogen and oxygen atoms in total. The molecule has 2 aromatic carbocycles. The summed E-state index contributed by atoms with van der Waals surface area (Å²) in [5, 5.41) is 2.99. The van der Waals surface area contributed by atoms with Gasteiger partial charge in [0.2, 0.25) is 0 Å². The van der Waals surface area contributed by atoms with Gasteiger partial charge in [0.25, 0.3) is 5.91 Å². The predicted molar refractivity (Wildman–Crippen MR) is 85.7 cm³/mol. The highest BCUT2D eigenvalue weighted by Crippen LogP contribution is 2.21. The van der Waals surface area contributed by atoms with E-state index in [0.717, 1.165) is 16.8 Å². The molecule has 0 aliphatic carbocycles. The minimum Gasteiger partial charge on any atom is -0.481 e. The fourth-order valence-corrected chi connectivity index (χ4v) is 2.20. The quantitative estimate of drug-likeness (QED) is 0.897. The molecule has 110 valence electrons. The highest BCUT2D eigenvalue weighted by Gasteiger charge is 2.19. The average Bonchev–Trinajstić information content (AvgIpc) is 2.49. The summed E-state index contributed by atoms with van der Waals surface area (Å²) in [5.74, 6) is 0.597. The number of amides is 1. The average molecular weight is 283 g/mol. The number of benzene rings is 2. The molecule has 0 bridgehead atoms. The van der Waals surface area contributed by atoms with E-state index in [1.54, 1.807) is 0 Å². The predicted octanol–water partition coefficient (Wildman–Crippen LogP) is 4.10. The number of hydrogen-bond donors (Lipinski definition) is 1. The number of hydrogen-bond acceptors (Lipinski definition) is 2. The zero-order valence-electron chi connectivity index (χ0n) is 12.7. The first-order valence-electron chi connectivity index (χ1n) is 7.20. The van der Waals surface area contributed by atoms with Crippen molar-refractivity contribution in [2.75, 3.05) is 5.32 Å². The van der Waals surface area contributed by atoms with Gasteiger partial charge in [0.15, 0.2) is 6.10 Å². The Hall–Kier alpha value is -2.29. The van der Waals surface area contributed by atoms with Crippen molar-refractivity contribution in [3.63, 3.8) is 0 Å². The monoisotopic (exact) mass is 283 g/mol. The molecule has 1 N–H and O–H groups in total. The number of aryl methyl sites for hydroxylation is 2. The van der Waals surface area contributed by atoms with Gasteiger partial charge in [0.1, 0.15) is 5.75 Å². The first-order valence-corrected chi connectivity index (χ1v) is 7.20. The standard InChI is InChI=1S/C18H21NO2/c1-4-16(21-15-11-6-5-7-12-15)18(20)19-17-13(2)9-8-10-14(17)3/h5-12,16H,4H2,1-3H3,(H,19,20)/t16-/m0/s1. The van der Waals surface area contributed by atoms with Crippen molar-refractivity contribution in [2.24, 2.45) is 0 Å². The Balaban J connectivity index is 2.10. The van der Waals surface area contributed by atoms with Gasteiger partial charge in [0, 0.05) is 5.69 Å². The van der Waals surface area contributed by atoms with Crippen molar-refractivity contribution in [3.05, 3.63) is 59.7 Å². The van der Waals surface area contributed by atoms with Crippen LogP contribution in [0.1, 0.15) is 24.5 Å². The lowest BCUT2D eigenvalue weighted by atomic mass is 10.1. The summed E-state index contributed by atoms with van der Waals surface area (Å²) in [4.78, 5) is 12.4. The summed E-state index contributed by atoms with van der Waals surface area (Å²) in [6.07, 6.45) is 0.123. The molecule has 0 aromatic heterocycles. The Morgan fingerprint density at radius 2 is 1.67 bits per heavy atom. The van der Waals surface area contributed by atoms with Crippen LogP contribution in [-0.2, 0) is 4.79 Å². The molecule has 0 spiro atoms. The first kappa shape index (κ1) is 15.1. The van der Waals surface area contributed by atoms with E-state index in [1.165, 1.54) is 0 Å². The summed E-state index contributed by atoms with van der Waals surface area (Å²) < 4.78 is 5.77. The smallest absolute Gasteiger partial charge is 0.265 e. The van der Waals surface area contributed by atoms with Crippen LogP contribution in [0.3, 0.4) is 0 Å². The van der Waals surface area contributed by atoms with Gasteiger partial charge in [-0.05, 0) is 43.5 Å². The zero-order chi connectivity index (χ0) is 15.2. The third-order valence-electron chi connectivity index (χ3n) is 3.41. The number of carbonyl (C=O) groups excluding carboxylic acids is 1. The number of rotatable bonds is 5. The molecule has 2 aromatic rings. The van der Waals surface area contributed by atoms with Gasteiger partial charge in [-0.2, -0.15) is 0 Å². The van der Waals surface area contributed by atoms with Crippen LogP contribution in [0.25, 0.3) is 0 Å². The van der Waals surface area contributed by atoms with Crippen LogP contribution in [0.2, 0.25) is 0 Å². The number of anilines is 1. The molecule has 1 atom stereocenters. The van der Waals surface area contributed by atoms with Crippen LogP contribution in [0.5, 0.6) is 5.75 Å². The number of para-hydroxylation sites is 2. The Kier molecular flexibility index (Phi) is 4.99. The molecule has 3 heteroatoms. The van der Waals surface area contributed by atoms with Crippen LogP contribution in [0, 0.1) is 13.8 Å². The molecule has 0 heterocycles. The van der Waals surface area contributed by atoms with Crippen molar-refractivity contribution in [2.45, 2.75) is 33.3 Å². The zero-order valence-corrected chi connectivity index (χ0v) is 12.7. The number of carbonyl (C=O) groups is 1. The van der Waals surface area contributed by atoms with Crippen molar-refractivity contribution >= 4 is 11.6 Å². The first-order chi connectivity index (χ1) is 10.1. The van der Waals surface area contributed by atoms with Crippen LogP contribution < -0.4 is 10.1 Å². The van der Waals surface area contributed by atoms with Gasteiger partial charge in [-0.1, -0.05) is 43.3 Å². The fourth-order valence-electron chi connectivity index (χ4n) is 2.20. The molecule has 2 rings (SSSR count). The second kappa shape index (κ2) is 6.93. The Morgan fingerprint density at radius 1 is 1.05 bits per heavy atom. The molecule has 0 fully saturated rings. The fraction of sp³-hybridized carbons (Fsp3) is 0.278. The van der Waals surface area contributed by atoms with Crippen LogP contribution in [0.15, 0.2) is 48.5 Å². The summed E-state index contributed by atoms with van der Waals surface area (Å²) in [7, 11) is 0. The van der Waals surface area contributed by atoms with Crippen LogP contribution >= 0.6 is 0 Å². The van der Waals surface area contributed by atoms with E-state index in [0.29, 0.717) is 12.2 Å². The minimum absolute atomic E-state index is 0.112. The molecule has 0 aliphatic rings. The molecule has 1 amide bonds. The topological polar surface area (TPSA) is 38.3 Å². The third kappa shape index (κ3) is 3.85. The third-order valence-corrected chi connectivity index (χ3v) is 3.41. The normalized spacial score (nSPS) is 11.8. The van der Waals surface area contributed by atoms with E-state index in [1.807, 2.05) is 69.3 Å². The lowest BCUT2D eigenvalue weighted by Gasteiger charge is -2.19. The summed E-state index contributed by atoms with van der Waals surface area (Å²) in [5.41, 5.74) is 2.98. The van der Waals surface area contributed by atoms with Crippen molar-refractivity contribution in [3.8, 4) is 5.75 Å². The molecule has 0 radical (unpaired) electrons. The summed E-state index contributed by atoms with van der Waals surface area (Å²) in [6.45, 7) is 5.92. The lowest BCUT2D eigenvalue weighted by molar-refractivity contribution is -0.122. The molecule has 0 saturated heterocycles. The summed E-state index contributed by atoms with van der Waals surface area (Å²) >= 11 is 0. The van der Waals surface area contributed by atoms with E-state index in [-0.39, 0.29) is 5.91 Å². The number of nitrogens with one attached hydrogen (secondary N) is 1. The van der Waals surface area contributed by atoms with Crippen LogP contribution in [-0.4, -0.2) is 12.0 Å². The molecule has 0 unspecified atom stereocenters. The van der Waals surface area contributed by atoms with E-state index in [4.69, 9.17) is 4.74 Å². The maximum Gasteiger partial charge on any atom is 0.265 e. The minimum atomic E-state index is -0.494. The largest absolute Gasteiger partial charge is 0.481 e. The highest BCUT2D eigenvalue weighted by molar-refractivity contribution is 5.95. The van der Waals surface area contributed by atoms with Crippen molar-refractivity contribution in [1.29, 1.82) is 0 Å². The molecular weight excluding hydrogens is 262 g/mol. The van der Waals surface area contributed by atoms with Crippen molar-refractivity contribution < 1.29 is 9.53 Å². The Labute approximate surface area is 126 Å². The van der Waals surface area contributed by atoms with Crippen LogP contribution in [0.4, 0.5) is 5.69 Å². The van der Waals surface area contributed by atoms with E-state index < -0.39 is 6.10 Å². The Bertz CT molecular complexity index is 588. The molecule has 0 saturated carbocycles. The van der Waals surface area contributed by atoms with Gasteiger partial charge in [-0.25, -0.2) is 0 Å². The molecular formula is C18H21NO2. The van der Waals surface area contributed by atoms with Crippen molar-refractivity contribution in [1.82, 2.24) is 0 Å². The SMILES string of the molecule is CC[C@H](Oc1ccccc1)C(=O)Nc1c(C)cccc1C. The van der Waals surface area contributed by atoms with Gasteiger partial charge in [-0.3, -0.25) is 4.79 Å². The highest BCUT2D eigenvalue weighted by atomic mass is 16.5. The van der Waals surface area contributed by atoms with E-state index >= 15 is 0 Å². The maximum absolute atomic E-state index is 12.4. The van der Waals surface area contributed by atoms with E-state index in [9.17, 15) is 4.79 Å². The molecule has 0 aliphatic heterocycles. The van der Waals surface area contributed by atoms with Gasteiger partial charge >= 0.3 is 0 Å². The van der Waals surface area contributed by atoms with Gasteiger partial charge < -0.3 is 10.1 Å². The van der Waals surface area contributed by atoms with Gasteiger partial charge in [-0.15, -0.1) is 0 Å². The Morgan fingerprint density at radius 3 is 2.24 bits per heavy atom. The summed E-state index contributed by atoms with van der Waals surface area (Å²) in [6, 6.07) is 15.4. The lowest BCUT2D eigenvalue weighted by Crippen LogP contribution is -2.32. The molecule has 21 heavy (non-hydrogen) atoms. The second-order valence-electron chi connectivity index (χ2n) is 5.08. The second-order valence-corrected chi connectivity index (χ2v) is 5.08.